The number of halogens is 1. The number of aromatic amines is 1. The van der Waals surface area contributed by atoms with E-state index in [1.807, 2.05) is 6.07 Å². The first-order valence-electron chi connectivity index (χ1n) is 12.2. The minimum Gasteiger partial charge on any atom is -0.371 e. The Hall–Kier alpha value is -3.46. The minimum absolute atomic E-state index is 0.173. The number of nitrogens with one attached hydrogen (secondary N) is 1. The first-order valence-corrected chi connectivity index (χ1v) is 12.2. The second kappa shape index (κ2) is 8.09. The maximum atomic E-state index is 14.7. The van der Waals surface area contributed by atoms with Crippen molar-refractivity contribution in [1.82, 2.24) is 10.2 Å². The third-order valence-corrected chi connectivity index (χ3v) is 8.00. The van der Waals surface area contributed by atoms with Crippen LogP contribution in [0.25, 0.3) is 16.5 Å². The summed E-state index contributed by atoms with van der Waals surface area (Å²) in [5.41, 5.74) is 6.81. The molecule has 0 unspecified atom stereocenters. The van der Waals surface area contributed by atoms with Crippen LogP contribution in [0.1, 0.15) is 55.2 Å². The van der Waals surface area contributed by atoms with E-state index < -0.39 is 5.41 Å². The van der Waals surface area contributed by atoms with E-state index in [0.29, 0.717) is 10.9 Å². The predicted molar refractivity (Wildman–Crippen MR) is 130 cm³/mol. The van der Waals surface area contributed by atoms with Gasteiger partial charge in [0.15, 0.2) is 0 Å². The van der Waals surface area contributed by atoms with Crippen molar-refractivity contribution < 1.29 is 9.18 Å². The number of benzene rings is 2. The summed E-state index contributed by atoms with van der Waals surface area (Å²) >= 11 is 0. The molecule has 5 nitrogen and oxygen atoms in total. The van der Waals surface area contributed by atoms with E-state index in [1.54, 1.807) is 0 Å². The lowest BCUT2D eigenvalue weighted by Gasteiger charge is -2.31. The van der Waals surface area contributed by atoms with Gasteiger partial charge < -0.3 is 9.69 Å². The number of allylic oxidation sites excluding steroid dienone is 1. The Morgan fingerprint density at radius 2 is 1.88 bits per heavy atom. The number of carbonyl (C=O) groups excluding carboxylic acids is 1. The van der Waals surface area contributed by atoms with Gasteiger partial charge in [0.2, 0.25) is 5.95 Å². The monoisotopic (exact) mass is 454 g/mol. The molecule has 2 fully saturated rings. The molecule has 6 rings (SSSR count). The molecule has 1 aromatic heterocycles. The van der Waals surface area contributed by atoms with Gasteiger partial charge in [0.05, 0.1) is 22.4 Å². The number of nitriles is 1. The van der Waals surface area contributed by atoms with Gasteiger partial charge in [-0.1, -0.05) is 18.2 Å². The highest BCUT2D eigenvalue weighted by Crippen LogP contribution is 2.57. The van der Waals surface area contributed by atoms with Crippen molar-refractivity contribution >= 4 is 28.4 Å². The summed E-state index contributed by atoms with van der Waals surface area (Å²) in [6.07, 6.45) is 7.16. The van der Waals surface area contributed by atoms with Crippen LogP contribution in [0.4, 0.5) is 10.1 Å². The summed E-state index contributed by atoms with van der Waals surface area (Å²) in [5.74, 6) is -0.211. The third-order valence-electron chi connectivity index (χ3n) is 8.00. The second-order valence-corrected chi connectivity index (χ2v) is 9.93. The van der Waals surface area contributed by atoms with E-state index in [0.717, 1.165) is 92.3 Å². The summed E-state index contributed by atoms with van der Waals surface area (Å²) in [6.45, 7) is 1.77. The number of nitrogens with zero attached hydrogens (tertiary/aromatic N) is 3. The summed E-state index contributed by atoms with van der Waals surface area (Å²) < 4.78 is 14.7. The Morgan fingerprint density at radius 1 is 1.12 bits per heavy atom. The molecular weight excluding hydrogens is 427 g/mol. The van der Waals surface area contributed by atoms with Crippen molar-refractivity contribution in [3.63, 3.8) is 0 Å². The molecule has 3 aliphatic rings. The Morgan fingerprint density at radius 3 is 2.56 bits per heavy atom. The van der Waals surface area contributed by atoms with E-state index in [1.165, 1.54) is 5.57 Å². The van der Waals surface area contributed by atoms with E-state index in [2.05, 4.69) is 51.5 Å². The van der Waals surface area contributed by atoms with Crippen molar-refractivity contribution in [2.45, 2.75) is 44.9 Å². The number of anilines is 1. The van der Waals surface area contributed by atoms with E-state index in [-0.39, 0.29) is 11.9 Å². The quantitative estimate of drug-likeness (QED) is 0.524. The number of rotatable bonds is 4. The number of carbonyl (C=O) groups is 1. The van der Waals surface area contributed by atoms with Crippen molar-refractivity contribution in [3.8, 4) is 6.07 Å². The Bertz CT molecular complexity index is 1340. The van der Waals surface area contributed by atoms with E-state index in [9.17, 15) is 14.4 Å². The molecule has 172 valence electrons. The lowest BCUT2D eigenvalue weighted by atomic mass is 9.83. The number of fused-ring (bicyclic) bond motifs is 3. The zero-order valence-electron chi connectivity index (χ0n) is 19.1. The predicted octanol–water partition coefficient (Wildman–Crippen LogP) is 5.56. The largest absolute Gasteiger partial charge is 0.371 e. The summed E-state index contributed by atoms with van der Waals surface area (Å²) in [7, 11) is 0. The van der Waals surface area contributed by atoms with Crippen LogP contribution < -0.4 is 4.90 Å². The molecule has 6 heteroatoms. The van der Waals surface area contributed by atoms with Crippen LogP contribution in [-0.2, 0) is 11.2 Å². The maximum absolute atomic E-state index is 14.7. The summed E-state index contributed by atoms with van der Waals surface area (Å²) in [5, 5.41) is 17.3. The first-order chi connectivity index (χ1) is 16.6. The number of piperidine rings is 1. The van der Waals surface area contributed by atoms with Gasteiger partial charge in [0.25, 0.3) is 0 Å². The molecule has 1 aliphatic heterocycles. The second-order valence-electron chi connectivity index (χ2n) is 9.93. The summed E-state index contributed by atoms with van der Waals surface area (Å²) in [6, 6.07) is 15.1. The van der Waals surface area contributed by atoms with E-state index in [4.69, 9.17) is 0 Å². The fourth-order valence-corrected chi connectivity index (χ4v) is 5.91. The first kappa shape index (κ1) is 21.1. The van der Waals surface area contributed by atoms with Crippen LogP contribution in [0.3, 0.4) is 0 Å². The van der Waals surface area contributed by atoms with Crippen LogP contribution >= 0.6 is 0 Å². The van der Waals surface area contributed by atoms with Gasteiger partial charge >= 0.3 is 0 Å². The molecule has 1 saturated carbocycles. The highest BCUT2D eigenvalue weighted by Gasteiger charge is 2.48. The van der Waals surface area contributed by atoms with Gasteiger partial charge in [-0.2, -0.15) is 14.8 Å². The minimum atomic E-state index is -0.393. The fourth-order valence-electron chi connectivity index (χ4n) is 5.91. The van der Waals surface area contributed by atoms with Gasteiger partial charge in [-0.15, -0.1) is 0 Å². The number of hydrogen-bond acceptors (Lipinski definition) is 4. The van der Waals surface area contributed by atoms with Gasteiger partial charge in [-0.3, -0.25) is 5.10 Å². The molecule has 2 aliphatic carbocycles. The number of aromatic nitrogens is 2. The molecule has 3 aromatic rings. The molecule has 0 radical (unpaired) electrons. The Labute approximate surface area is 198 Å². The normalized spacial score (nSPS) is 20.1. The smallest absolute Gasteiger partial charge is 0.217 e. The van der Waals surface area contributed by atoms with Crippen molar-refractivity contribution in [2.75, 3.05) is 18.0 Å². The number of aldehydes is 1. The van der Waals surface area contributed by atoms with Crippen LogP contribution in [0, 0.1) is 28.6 Å². The van der Waals surface area contributed by atoms with Crippen LogP contribution in [0.15, 0.2) is 42.0 Å². The Balaban J connectivity index is 1.46. The highest BCUT2D eigenvalue weighted by molar-refractivity contribution is 5.94. The number of aryl methyl sites for hydroxylation is 1. The molecule has 0 bridgehead atoms. The SMILES string of the molecule is N#CC1(C2=C(c3ccc(N4CCC(C=O)CC4)cc3)c3ccc4n[nH]c(F)c4c3CCC2)CC1. The summed E-state index contributed by atoms with van der Waals surface area (Å²) in [4.78, 5) is 13.4. The van der Waals surface area contributed by atoms with Gasteiger partial charge in [0, 0.05) is 24.7 Å². The average molecular weight is 455 g/mol. The van der Waals surface area contributed by atoms with E-state index >= 15 is 0 Å². The standard InChI is InChI=1S/C28H27FN4O/c29-27-26-21-2-1-3-23(28(17-30)12-13-28)25(22(21)8-9-24(26)31-32-27)19-4-6-20(7-5-19)33-14-10-18(16-34)11-15-33/h4-9,16,18H,1-3,10-15H2,(H,31,32). The molecule has 2 heterocycles. The van der Waals surface area contributed by atoms with Gasteiger partial charge in [-0.25, -0.2) is 0 Å². The molecule has 34 heavy (non-hydrogen) atoms. The van der Waals surface area contributed by atoms with Crippen molar-refractivity contribution in [1.29, 1.82) is 5.26 Å². The lowest BCUT2D eigenvalue weighted by molar-refractivity contribution is -0.111. The van der Waals surface area contributed by atoms with Gasteiger partial charge in [0.1, 0.15) is 6.29 Å². The van der Waals surface area contributed by atoms with Crippen LogP contribution in [-0.4, -0.2) is 29.6 Å². The molecule has 1 saturated heterocycles. The molecular formula is C28H27FN4O. The topological polar surface area (TPSA) is 72.8 Å². The molecule has 0 spiro atoms. The zero-order chi connectivity index (χ0) is 23.3. The van der Waals surface area contributed by atoms with Crippen LogP contribution in [0.5, 0.6) is 0 Å². The fraction of sp³-hybridized carbons (Fsp3) is 0.393. The van der Waals surface area contributed by atoms with Crippen molar-refractivity contribution in [2.24, 2.45) is 11.3 Å². The van der Waals surface area contributed by atoms with Crippen LogP contribution in [0.2, 0.25) is 0 Å². The molecule has 0 atom stereocenters. The highest BCUT2D eigenvalue weighted by atomic mass is 19.1. The Kier molecular flexibility index (Phi) is 5.02. The molecule has 1 N–H and O–H groups in total. The zero-order valence-corrected chi connectivity index (χ0v) is 19.1. The molecule has 2 aromatic carbocycles. The third kappa shape index (κ3) is 3.34. The number of hydrogen-bond donors (Lipinski definition) is 1. The van der Waals surface area contributed by atoms with Gasteiger partial charge in [-0.05, 0) is 91.0 Å². The molecule has 0 amide bonds. The van der Waals surface area contributed by atoms with Crippen molar-refractivity contribution in [3.05, 3.63) is 64.6 Å². The maximum Gasteiger partial charge on any atom is 0.217 e. The lowest BCUT2D eigenvalue weighted by Crippen LogP contribution is -2.34. The average Bonchev–Trinajstić information content (AvgIpc) is 3.63. The number of H-pyrrole nitrogens is 1.